The Morgan fingerprint density at radius 2 is 1.96 bits per heavy atom. The van der Waals surface area contributed by atoms with Gasteiger partial charge in [-0.15, -0.1) is 0 Å². The van der Waals surface area contributed by atoms with E-state index in [9.17, 15) is 18.7 Å². The third-order valence-corrected chi connectivity index (χ3v) is 3.49. The first kappa shape index (κ1) is 16.0. The molecule has 0 fully saturated rings. The van der Waals surface area contributed by atoms with Crippen molar-refractivity contribution < 1.29 is 18.6 Å². The Bertz CT molecular complexity index is 897. The summed E-state index contributed by atoms with van der Waals surface area (Å²) in [7, 11) is 0. The van der Waals surface area contributed by atoms with E-state index < -0.39 is 12.7 Å². The van der Waals surface area contributed by atoms with Crippen LogP contribution in [0.15, 0.2) is 53.8 Å². The Hall–Kier alpha value is -2.87. The number of aromatic nitrogens is 3. The van der Waals surface area contributed by atoms with Gasteiger partial charge in [-0.1, -0.05) is 12.1 Å². The second-order valence-corrected chi connectivity index (χ2v) is 5.06. The Labute approximate surface area is 135 Å². The zero-order chi connectivity index (χ0) is 17.1. The van der Waals surface area contributed by atoms with E-state index >= 15 is 0 Å². The molecule has 0 aliphatic rings. The van der Waals surface area contributed by atoms with Crippen molar-refractivity contribution in [3.63, 3.8) is 0 Å². The molecule has 6 nitrogen and oxygen atoms in total. The first-order valence-corrected chi connectivity index (χ1v) is 7.06. The molecule has 8 heteroatoms. The number of aliphatic hydroxyl groups excluding tert-OH is 1. The summed E-state index contributed by atoms with van der Waals surface area (Å²) in [6, 6.07) is 7.15. The molecule has 0 bridgehead atoms. The van der Waals surface area contributed by atoms with Gasteiger partial charge in [-0.2, -0.15) is 8.78 Å². The molecule has 124 valence electrons. The van der Waals surface area contributed by atoms with Crippen LogP contribution in [0.4, 0.5) is 8.78 Å². The molecule has 2 aromatic heterocycles. The van der Waals surface area contributed by atoms with E-state index in [1.54, 1.807) is 6.07 Å². The van der Waals surface area contributed by atoms with Crippen LogP contribution in [0.2, 0.25) is 0 Å². The van der Waals surface area contributed by atoms with E-state index in [1.165, 1.54) is 47.6 Å². The number of nitrogens with zero attached hydrogens (tertiary/aromatic N) is 3. The van der Waals surface area contributed by atoms with E-state index in [-0.39, 0.29) is 17.9 Å². The zero-order valence-corrected chi connectivity index (χ0v) is 12.3. The van der Waals surface area contributed by atoms with Gasteiger partial charge in [0.15, 0.2) is 0 Å². The van der Waals surface area contributed by atoms with E-state index in [4.69, 9.17) is 0 Å². The molecule has 0 aliphatic carbocycles. The van der Waals surface area contributed by atoms with Gasteiger partial charge < -0.3 is 9.84 Å². The maximum Gasteiger partial charge on any atom is 0.387 e. The van der Waals surface area contributed by atoms with Crippen LogP contribution in [0, 0.1) is 0 Å². The summed E-state index contributed by atoms with van der Waals surface area (Å²) in [5.41, 5.74) is 0.652. The summed E-state index contributed by atoms with van der Waals surface area (Å²) in [6.45, 7) is -2.92. The van der Waals surface area contributed by atoms with Crippen LogP contribution in [-0.4, -0.2) is 26.3 Å². The van der Waals surface area contributed by atoms with Gasteiger partial charge in [0.2, 0.25) is 0 Å². The van der Waals surface area contributed by atoms with Gasteiger partial charge in [0.25, 0.3) is 5.56 Å². The number of benzene rings is 1. The second-order valence-electron chi connectivity index (χ2n) is 5.06. The number of halogens is 2. The minimum absolute atomic E-state index is 0.00186. The van der Waals surface area contributed by atoms with Crippen LogP contribution in [0.25, 0.3) is 10.9 Å². The van der Waals surface area contributed by atoms with Crippen molar-refractivity contribution >= 4 is 10.9 Å². The largest absolute Gasteiger partial charge is 0.435 e. The van der Waals surface area contributed by atoms with Crippen molar-refractivity contribution in [3.05, 3.63) is 65.0 Å². The minimum Gasteiger partial charge on any atom is -0.435 e. The highest BCUT2D eigenvalue weighted by molar-refractivity contribution is 5.75. The molecule has 0 aliphatic heterocycles. The van der Waals surface area contributed by atoms with Crippen molar-refractivity contribution in [2.45, 2.75) is 19.3 Å². The third-order valence-electron chi connectivity index (χ3n) is 3.49. The van der Waals surface area contributed by atoms with Gasteiger partial charge in [-0.3, -0.25) is 14.3 Å². The minimum atomic E-state index is -2.91. The van der Waals surface area contributed by atoms with Crippen LogP contribution < -0.4 is 10.3 Å². The van der Waals surface area contributed by atoms with E-state index in [0.29, 0.717) is 16.5 Å². The highest BCUT2D eigenvalue weighted by Gasteiger charge is 2.12. The lowest BCUT2D eigenvalue weighted by atomic mass is 10.1. The van der Waals surface area contributed by atoms with E-state index in [2.05, 4.69) is 14.7 Å². The lowest BCUT2D eigenvalue weighted by molar-refractivity contribution is -0.0498. The maximum atomic E-state index is 12.4. The molecule has 3 aromatic rings. The molecule has 0 amide bonds. The summed E-state index contributed by atoms with van der Waals surface area (Å²) in [4.78, 5) is 20.4. The average Bonchev–Trinajstić information content (AvgIpc) is 2.57. The summed E-state index contributed by atoms with van der Waals surface area (Å²) >= 11 is 0. The van der Waals surface area contributed by atoms with Gasteiger partial charge >= 0.3 is 6.61 Å². The van der Waals surface area contributed by atoms with Crippen molar-refractivity contribution in [2.24, 2.45) is 0 Å². The number of pyridine rings is 1. The van der Waals surface area contributed by atoms with Crippen molar-refractivity contribution in [2.75, 3.05) is 0 Å². The molecular formula is C16H13F2N3O3. The Kier molecular flexibility index (Phi) is 4.48. The van der Waals surface area contributed by atoms with Crippen LogP contribution in [0.1, 0.15) is 11.7 Å². The lowest BCUT2D eigenvalue weighted by Gasteiger charge is -2.14. The normalized spacial score (nSPS) is 12.5. The summed E-state index contributed by atoms with van der Waals surface area (Å²) < 4.78 is 29.8. The molecule has 0 saturated heterocycles. The number of fused-ring (bicyclic) bond motifs is 1. The van der Waals surface area contributed by atoms with Gasteiger partial charge in [0.1, 0.15) is 5.75 Å². The molecule has 24 heavy (non-hydrogen) atoms. The lowest BCUT2D eigenvalue weighted by Crippen LogP contribution is -2.23. The molecule has 1 N–H and O–H groups in total. The Morgan fingerprint density at radius 3 is 2.67 bits per heavy atom. The van der Waals surface area contributed by atoms with Crippen LogP contribution in [0.3, 0.4) is 0 Å². The van der Waals surface area contributed by atoms with Crippen LogP contribution in [0.5, 0.6) is 5.75 Å². The molecule has 0 radical (unpaired) electrons. The van der Waals surface area contributed by atoms with Crippen LogP contribution >= 0.6 is 0 Å². The van der Waals surface area contributed by atoms with Gasteiger partial charge in [-0.05, 0) is 23.8 Å². The quantitative estimate of drug-likeness (QED) is 0.774. The Morgan fingerprint density at radius 1 is 1.21 bits per heavy atom. The van der Waals surface area contributed by atoms with Crippen molar-refractivity contribution in [1.29, 1.82) is 0 Å². The van der Waals surface area contributed by atoms with Crippen molar-refractivity contribution in [3.8, 4) is 5.75 Å². The topological polar surface area (TPSA) is 77.2 Å². The number of hydrogen-bond acceptors (Lipinski definition) is 5. The van der Waals surface area contributed by atoms with Gasteiger partial charge in [0.05, 0.1) is 36.1 Å². The monoisotopic (exact) mass is 333 g/mol. The molecule has 3 rings (SSSR count). The molecule has 2 heterocycles. The Balaban J connectivity index is 1.80. The number of ether oxygens (including phenoxy) is 1. The predicted molar refractivity (Wildman–Crippen MR) is 81.8 cm³/mol. The van der Waals surface area contributed by atoms with Crippen molar-refractivity contribution in [1.82, 2.24) is 14.5 Å². The zero-order valence-electron chi connectivity index (χ0n) is 12.3. The molecule has 0 saturated carbocycles. The highest BCUT2D eigenvalue weighted by Crippen LogP contribution is 2.20. The van der Waals surface area contributed by atoms with Crippen LogP contribution in [-0.2, 0) is 6.54 Å². The molecular weight excluding hydrogens is 320 g/mol. The average molecular weight is 333 g/mol. The molecule has 1 atom stereocenters. The third kappa shape index (κ3) is 3.38. The highest BCUT2D eigenvalue weighted by atomic mass is 19.3. The number of hydrogen-bond donors (Lipinski definition) is 1. The molecule has 0 unspecified atom stereocenters. The smallest absolute Gasteiger partial charge is 0.387 e. The number of aliphatic hydroxyl groups is 1. The fraction of sp³-hybridized carbons (Fsp3) is 0.188. The maximum absolute atomic E-state index is 12.4. The first-order valence-electron chi connectivity index (χ1n) is 7.06. The number of rotatable bonds is 5. The molecule has 1 aromatic carbocycles. The standard InChI is InChI=1S/C16H13F2N3O3/c17-16(18)24-11-3-1-10(2-4-11)14(22)8-21-9-20-13-7-19-6-5-12(13)15(21)23/h1-7,9,14,16,22H,8H2/t14-/m0/s1. The second kappa shape index (κ2) is 6.71. The fourth-order valence-electron chi connectivity index (χ4n) is 2.30. The SMILES string of the molecule is O=c1c2ccncc2ncn1C[C@H](O)c1ccc(OC(F)F)cc1. The first-order chi connectivity index (χ1) is 11.5. The molecule has 0 spiro atoms. The van der Waals surface area contributed by atoms with Gasteiger partial charge in [0, 0.05) is 6.20 Å². The van der Waals surface area contributed by atoms with E-state index in [1.807, 2.05) is 0 Å². The predicted octanol–water partition coefficient (Wildman–Crippen LogP) is 2.13. The van der Waals surface area contributed by atoms with E-state index in [0.717, 1.165) is 0 Å². The summed E-state index contributed by atoms with van der Waals surface area (Å²) in [5, 5.41) is 10.7. The summed E-state index contributed by atoms with van der Waals surface area (Å²) in [6.07, 6.45) is 3.32. The van der Waals surface area contributed by atoms with Gasteiger partial charge in [-0.25, -0.2) is 4.98 Å². The fourth-order valence-corrected chi connectivity index (χ4v) is 2.30. The number of alkyl halides is 2. The summed E-state index contributed by atoms with van der Waals surface area (Å²) in [5.74, 6) is -0.00186.